The van der Waals surface area contributed by atoms with E-state index in [1.54, 1.807) is 11.1 Å². The molecule has 0 bridgehead atoms. The Labute approximate surface area is 165 Å². The zero-order valence-corrected chi connectivity index (χ0v) is 16.2. The lowest BCUT2D eigenvalue weighted by atomic mass is 9.93. The summed E-state index contributed by atoms with van der Waals surface area (Å²) in [5.74, 6) is 0.0281. The van der Waals surface area contributed by atoms with Crippen molar-refractivity contribution in [2.75, 3.05) is 39.3 Å². The van der Waals surface area contributed by atoms with Gasteiger partial charge in [-0.05, 0) is 55.4 Å². The molecule has 4 nitrogen and oxygen atoms in total. The minimum absolute atomic E-state index is 0.237. The minimum atomic E-state index is -0.578. The van der Waals surface area contributed by atoms with Gasteiger partial charge in [0, 0.05) is 50.4 Å². The molecule has 0 spiro atoms. The Morgan fingerprint density at radius 1 is 1.11 bits per heavy atom. The minimum Gasteiger partial charge on any atom is -0.370 e. The standard InChI is InChI=1S/C22H29F2N3O/c23-17-3-4-20(24)19(7-17)22-21(25)8-18(13-28-22)27-11-15-5-6-26(9-14-1-2-14)10-16(15)12-27/h3-4,7,14,18,21-22H,1-2,5-6,8-13,25H2/t18-,21+,22-/m1/s1. The highest BCUT2D eigenvalue weighted by atomic mass is 19.1. The Morgan fingerprint density at radius 2 is 1.93 bits per heavy atom. The fraction of sp³-hybridized carbons (Fsp3) is 0.636. The van der Waals surface area contributed by atoms with Crippen molar-refractivity contribution < 1.29 is 13.5 Å². The van der Waals surface area contributed by atoms with Crippen molar-refractivity contribution in [1.29, 1.82) is 0 Å². The third kappa shape index (κ3) is 3.75. The summed E-state index contributed by atoms with van der Waals surface area (Å²) < 4.78 is 33.7. The van der Waals surface area contributed by atoms with Crippen molar-refractivity contribution in [3.8, 4) is 0 Å². The number of hydrogen-bond acceptors (Lipinski definition) is 4. The summed E-state index contributed by atoms with van der Waals surface area (Å²) in [6.45, 7) is 6.07. The van der Waals surface area contributed by atoms with Gasteiger partial charge in [-0.25, -0.2) is 8.78 Å². The topological polar surface area (TPSA) is 41.7 Å². The third-order valence-corrected chi connectivity index (χ3v) is 6.83. The zero-order chi connectivity index (χ0) is 19.3. The molecule has 2 N–H and O–H groups in total. The molecule has 1 aromatic rings. The molecular weight excluding hydrogens is 360 g/mol. The lowest BCUT2D eigenvalue weighted by Crippen LogP contribution is -2.49. The molecule has 28 heavy (non-hydrogen) atoms. The molecule has 3 aliphatic heterocycles. The van der Waals surface area contributed by atoms with Crippen LogP contribution in [0.4, 0.5) is 8.78 Å². The highest BCUT2D eigenvalue weighted by Crippen LogP contribution is 2.36. The SMILES string of the molecule is N[C@H]1C[C@@H](N2CC3=C(CN(CC4CC4)CC3)C2)CO[C@@H]1c1cc(F)ccc1F. The molecule has 0 unspecified atom stereocenters. The summed E-state index contributed by atoms with van der Waals surface area (Å²) in [4.78, 5) is 5.09. The predicted molar refractivity (Wildman–Crippen MR) is 104 cm³/mol. The van der Waals surface area contributed by atoms with Crippen molar-refractivity contribution in [3.05, 3.63) is 46.5 Å². The summed E-state index contributed by atoms with van der Waals surface area (Å²) >= 11 is 0. The molecule has 1 aromatic carbocycles. The van der Waals surface area contributed by atoms with Crippen LogP contribution in [0, 0.1) is 17.6 Å². The van der Waals surface area contributed by atoms with Gasteiger partial charge in [0.2, 0.25) is 0 Å². The summed E-state index contributed by atoms with van der Waals surface area (Å²) in [5, 5.41) is 0. The van der Waals surface area contributed by atoms with Gasteiger partial charge < -0.3 is 10.5 Å². The number of rotatable bonds is 4. The molecule has 4 aliphatic rings. The number of nitrogens with two attached hydrogens (primary N) is 1. The molecular formula is C22H29F2N3O. The molecule has 0 radical (unpaired) electrons. The van der Waals surface area contributed by atoms with Crippen molar-refractivity contribution in [3.63, 3.8) is 0 Å². The number of halogens is 2. The van der Waals surface area contributed by atoms with Gasteiger partial charge in [-0.2, -0.15) is 0 Å². The summed E-state index contributed by atoms with van der Waals surface area (Å²) in [5.41, 5.74) is 9.77. The molecule has 0 aromatic heterocycles. The first-order chi connectivity index (χ1) is 13.6. The fourth-order valence-corrected chi connectivity index (χ4v) is 5.06. The van der Waals surface area contributed by atoms with E-state index in [2.05, 4.69) is 9.80 Å². The second-order valence-electron chi connectivity index (χ2n) is 9.01. The number of hydrogen-bond donors (Lipinski definition) is 1. The maximum Gasteiger partial charge on any atom is 0.129 e. The van der Waals surface area contributed by atoms with Crippen molar-refractivity contribution in [2.24, 2.45) is 11.7 Å². The molecule has 1 saturated heterocycles. The van der Waals surface area contributed by atoms with Gasteiger partial charge in [0.05, 0.1) is 6.61 Å². The van der Waals surface area contributed by atoms with Gasteiger partial charge in [0.15, 0.2) is 0 Å². The average Bonchev–Trinajstić information content (AvgIpc) is 3.39. The smallest absolute Gasteiger partial charge is 0.129 e. The summed E-state index contributed by atoms with van der Waals surface area (Å²) in [6.07, 6.45) is 4.14. The maximum atomic E-state index is 14.1. The Hall–Kier alpha value is -1.34. The van der Waals surface area contributed by atoms with E-state index in [1.165, 1.54) is 38.4 Å². The van der Waals surface area contributed by atoms with Gasteiger partial charge in [0.25, 0.3) is 0 Å². The molecule has 2 fully saturated rings. The van der Waals surface area contributed by atoms with Crippen LogP contribution in [0.5, 0.6) is 0 Å². The van der Waals surface area contributed by atoms with E-state index in [1.807, 2.05) is 0 Å². The second kappa shape index (κ2) is 7.48. The van der Waals surface area contributed by atoms with Crippen LogP contribution in [0.25, 0.3) is 0 Å². The highest BCUT2D eigenvalue weighted by Gasteiger charge is 2.38. The van der Waals surface area contributed by atoms with Crippen LogP contribution in [0.15, 0.2) is 29.3 Å². The monoisotopic (exact) mass is 389 g/mol. The first kappa shape index (κ1) is 18.7. The normalized spacial score (nSPS) is 32.0. The molecule has 3 heterocycles. The number of ether oxygens (including phenoxy) is 1. The lowest BCUT2D eigenvalue weighted by molar-refractivity contribution is -0.0465. The molecule has 6 heteroatoms. The van der Waals surface area contributed by atoms with Crippen molar-refractivity contribution in [1.82, 2.24) is 9.80 Å². The zero-order valence-electron chi connectivity index (χ0n) is 16.2. The van der Waals surface area contributed by atoms with Crippen LogP contribution in [0.2, 0.25) is 0 Å². The van der Waals surface area contributed by atoms with E-state index in [9.17, 15) is 8.78 Å². The third-order valence-electron chi connectivity index (χ3n) is 6.83. The van der Waals surface area contributed by atoms with Crippen LogP contribution >= 0.6 is 0 Å². The maximum absolute atomic E-state index is 14.1. The van der Waals surface area contributed by atoms with Gasteiger partial charge in [-0.3, -0.25) is 9.80 Å². The highest BCUT2D eigenvalue weighted by molar-refractivity contribution is 5.28. The number of benzene rings is 1. The molecule has 5 rings (SSSR count). The molecule has 1 aliphatic carbocycles. The quantitative estimate of drug-likeness (QED) is 0.804. The largest absolute Gasteiger partial charge is 0.370 e. The molecule has 0 amide bonds. The lowest BCUT2D eigenvalue weighted by Gasteiger charge is -2.39. The van der Waals surface area contributed by atoms with Gasteiger partial charge in [0.1, 0.15) is 17.7 Å². The summed E-state index contributed by atoms with van der Waals surface area (Å²) in [7, 11) is 0. The fourth-order valence-electron chi connectivity index (χ4n) is 5.06. The van der Waals surface area contributed by atoms with E-state index < -0.39 is 17.7 Å². The van der Waals surface area contributed by atoms with Gasteiger partial charge in [-0.15, -0.1) is 0 Å². The molecule has 1 saturated carbocycles. The predicted octanol–water partition coefficient (Wildman–Crippen LogP) is 2.85. The average molecular weight is 389 g/mol. The van der Waals surface area contributed by atoms with Crippen LogP contribution in [-0.4, -0.2) is 61.2 Å². The Bertz CT molecular complexity index is 779. The summed E-state index contributed by atoms with van der Waals surface area (Å²) in [6, 6.07) is 3.40. The first-order valence-electron chi connectivity index (χ1n) is 10.5. The van der Waals surface area contributed by atoms with Crippen molar-refractivity contribution in [2.45, 2.75) is 43.9 Å². The van der Waals surface area contributed by atoms with Crippen LogP contribution in [-0.2, 0) is 4.74 Å². The van der Waals surface area contributed by atoms with Crippen LogP contribution in [0.3, 0.4) is 0 Å². The van der Waals surface area contributed by atoms with Gasteiger partial charge >= 0.3 is 0 Å². The van der Waals surface area contributed by atoms with E-state index >= 15 is 0 Å². The molecule has 152 valence electrons. The Balaban J connectivity index is 1.20. The first-order valence-corrected chi connectivity index (χ1v) is 10.5. The van der Waals surface area contributed by atoms with Crippen LogP contribution in [0.1, 0.15) is 37.4 Å². The van der Waals surface area contributed by atoms with Gasteiger partial charge in [-0.1, -0.05) is 5.57 Å². The van der Waals surface area contributed by atoms with Crippen LogP contribution < -0.4 is 5.73 Å². The van der Waals surface area contributed by atoms with E-state index in [4.69, 9.17) is 10.5 Å². The second-order valence-corrected chi connectivity index (χ2v) is 9.01. The van der Waals surface area contributed by atoms with E-state index in [0.717, 1.165) is 44.1 Å². The van der Waals surface area contributed by atoms with E-state index in [-0.39, 0.29) is 17.6 Å². The Morgan fingerprint density at radius 3 is 2.71 bits per heavy atom. The number of nitrogens with zero attached hydrogens (tertiary/aromatic N) is 2. The Kier molecular flexibility index (Phi) is 4.99. The molecule has 3 atom stereocenters. The van der Waals surface area contributed by atoms with Crippen molar-refractivity contribution >= 4 is 0 Å². The van der Waals surface area contributed by atoms with E-state index in [0.29, 0.717) is 6.61 Å².